The van der Waals surface area contributed by atoms with Gasteiger partial charge in [-0.25, -0.2) is 0 Å². The highest BCUT2D eigenvalue weighted by atomic mass is 16.5. The summed E-state index contributed by atoms with van der Waals surface area (Å²) in [4.78, 5) is 24.7. The number of ether oxygens (including phenoxy) is 3. The molecule has 46 heavy (non-hydrogen) atoms. The Morgan fingerprint density at radius 3 is 1.67 bits per heavy atom. The van der Waals surface area contributed by atoms with Crippen molar-refractivity contribution in [2.75, 3.05) is 21.3 Å². The Hall–Kier alpha value is -5.18. The largest absolute Gasteiger partial charge is 0.508 e. The second-order valence-electron chi connectivity index (χ2n) is 10.5. The topological polar surface area (TPSA) is 143 Å². The van der Waals surface area contributed by atoms with Gasteiger partial charge in [0.15, 0.2) is 11.6 Å². The number of carbonyl (C=O) groups is 2. The fourth-order valence-electron chi connectivity index (χ4n) is 4.99. The number of phenolic OH excluding ortho intramolecular Hbond substituents is 4. The first-order valence-electron chi connectivity index (χ1n) is 14.4. The lowest BCUT2D eigenvalue weighted by Crippen LogP contribution is -2.06. The first-order valence-corrected chi connectivity index (χ1v) is 14.4. The standard InChI is InChI=1S/C18H20O5.C18H20O4.CH4/c1-11-17(22-2)9-5-12(18(11)23-3)4-8-15(20)14-7-6-13(19)10-16(14)21;1-11-4-8-15(18(22-3)12(11)2)16(20)9-6-13-5-7-14(19)10-17(13)21;/h5-7,9-10,19,21H,4,8H2,1-3H3;4-5,7-8,10,19,21H,6,9H2,1-3H3;1H4. The fourth-order valence-corrected chi connectivity index (χ4v) is 4.99. The summed E-state index contributed by atoms with van der Waals surface area (Å²) in [5.74, 6) is 1.52. The Bertz CT molecular complexity index is 1670. The van der Waals surface area contributed by atoms with Crippen molar-refractivity contribution < 1.29 is 44.2 Å². The molecule has 0 amide bonds. The number of rotatable bonds is 11. The smallest absolute Gasteiger partial charge is 0.166 e. The number of aryl methyl sites for hydroxylation is 3. The zero-order valence-corrected chi connectivity index (χ0v) is 26.4. The van der Waals surface area contributed by atoms with Crippen molar-refractivity contribution in [2.45, 2.75) is 53.9 Å². The molecule has 0 saturated carbocycles. The normalized spacial score (nSPS) is 10.2. The Labute approximate surface area is 270 Å². The summed E-state index contributed by atoms with van der Waals surface area (Å²) >= 11 is 0. The van der Waals surface area contributed by atoms with Crippen LogP contribution < -0.4 is 14.2 Å². The number of aromatic hydroxyl groups is 4. The van der Waals surface area contributed by atoms with E-state index in [9.17, 15) is 30.0 Å². The second kappa shape index (κ2) is 16.8. The number of ketones is 2. The molecule has 246 valence electrons. The summed E-state index contributed by atoms with van der Waals surface area (Å²) in [5, 5.41) is 38.1. The van der Waals surface area contributed by atoms with Crippen LogP contribution in [-0.4, -0.2) is 53.3 Å². The zero-order valence-electron chi connectivity index (χ0n) is 26.4. The lowest BCUT2D eigenvalue weighted by molar-refractivity contribution is 0.0971. The minimum Gasteiger partial charge on any atom is -0.508 e. The predicted molar refractivity (Wildman–Crippen MR) is 178 cm³/mol. The van der Waals surface area contributed by atoms with Crippen LogP contribution in [0.1, 0.15) is 68.8 Å². The van der Waals surface area contributed by atoms with E-state index >= 15 is 0 Å². The van der Waals surface area contributed by atoms with Gasteiger partial charge in [-0.15, -0.1) is 0 Å². The second-order valence-corrected chi connectivity index (χ2v) is 10.5. The third-order valence-corrected chi connectivity index (χ3v) is 7.64. The molecule has 4 N–H and O–H groups in total. The molecular formula is C37H44O9. The average molecular weight is 633 g/mol. The SMILES string of the molecule is C.COc1c(C(=O)CCc2ccc(O)cc2O)ccc(C)c1C.COc1ccc(CCC(=O)c2ccc(O)cc2O)c(OC)c1C. The van der Waals surface area contributed by atoms with Crippen LogP contribution in [0.3, 0.4) is 0 Å². The van der Waals surface area contributed by atoms with Gasteiger partial charge in [0.25, 0.3) is 0 Å². The van der Waals surface area contributed by atoms with Gasteiger partial charge in [-0.2, -0.15) is 0 Å². The molecule has 4 rings (SSSR count). The van der Waals surface area contributed by atoms with E-state index in [2.05, 4.69) is 0 Å². The molecule has 0 aliphatic rings. The first kappa shape index (κ1) is 37.0. The summed E-state index contributed by atoms with van der Waals surface area (Å²) in [6.07, 6.45) is 1.37. The number of benzene rings is 4. The molecule has 4 aromatic carbocycles. The van der Waals surface area contributed by atoms with Crippen molar-refractivity contribution in [1.82, 2.24) is 0 Å². The zero-order chi connectivity index (χ0) is 33.3. The van der Waals surface area contributed by atoms with Crippen LogP contribution in [0.4, 0.5) is 0 Å². The summed E-state index contributed by atoms with van der Waals surface area (Å²) < 4.78 is 16.0. The van der Waals surface area contributed by atoms with Crippen molar-refractivity contribution in [3.63, 3.8) is 0 Å². The van der Waals surface area contributed by atoms with Crippen molar-refractivity contribution in [3.05, 3.63) is 99.6 Å². The van der Waals surface area contributed by atoms with Gasteiger partial charge in [0.1, 0.15) is 40.2 Å². The summed E-state index contributed by atoms with van der Waals surface area (Å²) in [6.45, 7) is 5.80. The lowest BCUT2D eigenvalue weighted by Gasteiger charge is -2.14. The maximum atomic E-state index is 12.4. The van der Waals surface area contributed by atoms with Gasteiger partial charge in [-0.3, -0.25) is 9.59 Å². The molecule has 0 fully saturated rings. The molecule has 0 atom stereocenters. The van der Waals surface area contributed by atoms with Gasteiger partial charge < -0.3 is 34.6 Å². The van der Waals surface area contributed by atoms with E-state index in [0.717, 1.165) is 34.1 Å². The molecule has 0 heterocycles. The number of methoxy groups -OCH3 is 3. The van der Waals surface area contributed by atoms with Gasteiger partial charge in [0.2, 0.25) is 0 Å². The molecule has 9 heteroatoms. The summed E-state index contributed by atoms with van der Waals surface area (Å²) in [5.41, 5.74) is 5.21. The highest BCUT2D eigenvalue weighted by Crippen LogP contribution is 2.33. The Morgan fingerprint density at radius 1 is 0.587 bits per heavy atom. The summed E-state index contributed by atoms with van der Waals surface area (Å²) in [7, 11) is 4.74. The molecule has 0 saturated heterocycles. The van der Waals surface area contributed by atoms with Gasteiger partial charge >= 0.3 is 0 Å². The molecule has 4 aromatic rings. The van der Waals surface area contributed by atoms with Crippen LogP contribution in [-0.2, 0) is 12.8 Å². The van der Waals surface area contributed by atoms with Crippen molar-refractivity contribution in [1.29, 1.82) is 0 Å². The van der Waals surface area contributed by atoms with Crippen LogP contribution in [0.25, 0.3) is 0 Å². The van der Waals surface area contributed by atoms with Crippen LogP contribution in [0.2, 0.25) is 0 Å². The Balaban J connectivity index is 0.000000314. The van der Waals surface area contributed by atoms with Crippen LogP contribution in [0.5, 0.6) is 40.2 Å². The molecule has 0 spiro atoms. The summed E-state index contributed by atoms with van der Waals surface area (Å²) in [6, 6.07) is 15.7. The monoisotopic (exact) mass is 632 g/mol. The molecule has 0 aliphatic heterocycles. The fraction of sp³-hybridized carbons (Fsp3) is 0.297. The Morgan fingerprint density at radius 2 is 1.11 bits per heavy atom. The minimum atomic E-state index is -0.215. The highest BCUT2D eigenvalue weighted by Gasteiger charge is 2.17. The van der Waals surface area contributed by atoms with Gasteiger partial charge in [0.05, 0.1) is 32.5 Å². The third-order valence-electron chi connectivity index (χ3n) is 7.64. The molecule has 0 unspecified atom stereocenters. The van der Waals surface area contributed by atoms with Gasteiger partial charge in [0, 0.05) is 30.5 Å². The van der Waals surface area contributed by atoms with E-state index in [4.69, 9.17) is 14.2 Å². The minimum absolute atomic E-state index is 0. The maximum absolute atomic E-state index is 12.4. The van der Waals surface area contributed by atoms with Crippen molar-refractivity contribution >= 4 is 11.6 Å². The Kier molecular flexibility index (Phi) is 13.5. The maximum Gasteiger partial charge on any atom is 0.166 e. The molecular weight excluding hydrogens is 588 g/mol. The van der Waals surface area contributed by atoms with Crippen molar-refractivity contribution in [2.24, 2.45) is 0 Å². The van der Waals surface area contributed by atoms with E-state index in [1.54, 1.807) is 33.5 Å². The quantitative estimate of drug-likeness (QED) is 0.124. The lowest BCUT2D eigenvalue weighted by atomic mass is 9.97. The average Bonchev–Trinajstić information content (AvgIpc) is 3.01. The predicted octanol–water partition coefficient (Wildman–Crippen LogP) is 7.41. The number of Topliss-reactive ketones (excluding diaryl/α,β-unsaturated/α-hetero) is 2. The van der Waals surface area contributed by atoms with Crippen LogP contribution in [0, 0.1) is 20.8 Å². The van der Waals surface area contributed by atoms with E-state index in [-0.39, 0.29) is 60.4 Å². The molecule has 0 aromatic heterocycles. The number of hydrogen-bond donors (Lipinski definition) is 4. The van der Waals surface area contributed by atoms with Crippen molar-refractivity contribution in [3.8, 4) is 40.2 Å². The van der Waals surface area contributed by atoms with E-state index in [1.807, 2.05) is 39.0 Å². The molecule has 0 aliphatic carbocycles. The number of hydrogen-bond acceptors (Lipinski definition) is 9. The van der Waals surface area contributed by atoms with Crippen LogP contribution in [0.15, 0.2) is 60.7 Å². The van der Waals surface area contributed by atoms with E-state index < -0.39 is 0 Å². The first-order chi connectivity index (χ1) is 21.4. The highest BCUT2D eigenvalue weighted by molar-refractivity contribution is 5.99. The molecule has 0 bridgehead atoms. The molecule has 9 nitrogen and oxygen atoms in total. The van der Waals surface area contributed by atoms with Gasteiger partial charge in [-0.05, 0) is 86.2 Å². The van der Waals surface area contributed by atoms with Gasteiger partial charge in [-0.1, -0.05) is 25.6 Å². The van der Waals surface area contributed by atoms with E-state index in [1.165, 1.54) is 24.3 Å². The van der Waals surface area contributed by atoms with E-state index in [0.29, 0.717) is 35.5 Å². The van der Waals surface area contributed by atoms with Crippen LogP contribution >= 0.6 is 0 Å². The molecule has 0 radical (unpaired) electrons. The number of carbonyl (C=O) groups excluding carboxylic acids is 2. The number of phenols is 4. The third kappa shape index (κ3) is 8.94.